The summed E-state index contributed by atoms with van der Waals surface area (Å²) in [7, 11) is 1.81. The van der Waals surface area contributed by atoms with Gasteiger partial charge in [-0.05, 0) is 58.2 Å². The van der Waals surface area contributed by atoms with Gasteiger partial charge in [0.2, 0.25) is 0 Å². The van der Waals surface area contributed by atoms with Crippen LogP contribution in [0, 0.1) is 5.82 Å². The van der Waals surface area contributed by atoms with Crippen molar-refractivity contribution in [2.75, 3.05) is 43.1 Å². The Morgan fingerprint density at radius 3 is 2.68 bits per heavy atom. The first-order chi connectivity index (χ1) is 14.6. The van der Waals surface area contributed by atoms with Crippen LogP contribution in [0.4, 0.5) is 25.4 Å². The molecule has 0 saturated carbocycles. The van der Waals surface area contributed by atoms with E-state index in [4.69, 9.17) is 9.47 Å². The monoisotopic (exact) mass is 437 g/mol. The lowest BCUT2D eigenvalue weighted by Crippen LogP contribution is -2.45. The molecule has 31 heavy (non-hydrogen) atoms. The number of likely N-dealkylation sites (N-methyl/N-ethyl adjacent to an activating group) is 1. The number of amides is 2. The number of halogens is 1. The van der Waals surface area contributed by atoms with Crippen LogP contribution in [0.3, 0.4) is 0 Å². The molecule has 0 aromatic heterocycles. The molecular weight excluding hydrogens is 405 g/mol. The van der Waals surface area contributed by atoms with Crippen LogP contribution in [-0.2, 0) is 9.47 Å². The van der Waals surface area contributed by atoms with Crippen molar-refractivity contribution >= 4 is 23.6 Å². The third-order valence-corrected chi connectivity index (χ3v) is 5.55. The summed E-state index contributed by atoms with van der Waals surface area (Å²) in [6.45, 7) is 6.47. The van der Waals surface area contributed by atoms with Gasteiger partial charge in [0, 0.05) is 26.2 Å². The van der Waals surface area contributed by atoms with Gasteiger partial charge in [0.1, 0.15) is 17.5 Å². The highest BCUT2D eigenvalue weighted by Crippen LogP contribution is 2.30. The zero-order valence-electron chi connectivity index (χ0n) is 18.6. The average Bonchev–Trinajstić information content (AvgIpc) is 2.91. The average molecular weight is 438 g/mol. The molecule has 2 fully saturated rings. The largest absolute Gasteiger partial charge is 0.444 e. The molecule has 2 aliphatic heterocycles. The topological polar surface area (TPSA) is 82.5 Å². The quantitative estimate of drug-likeness (QED) is 0.778. The number of anilines is 2. The van der Waals surface area contributed by atoms with Crippen LogP contribution < -0.4 is 9.80 Å². The highest BCUT2D eigenvalue weighted by atomic mass is 19.1. The van der Waals surface area contributed by atoms with E-state index in [1.54, 1.807) is 17.0 Å². The number of likely N-dealkylation sites (tertiary alicyclic amines) is 1. The maximum atomic E-state index is 15.0. The number of aliphatic hydroxyl groups excluding tert-OH is 1. The van der Waals surface area contributed by atoms with Crippen molar-refractivity contribution < 1.29 is 28.6 Å². The van der Waals surface area contributed by atoms with E-state index in [2.05, 4.69) is 0 Å². The van der Waals surface area contributed by atoms with Gasteiger partial charge in [-0.15, -0.1) is 0 Å². The Kier molecular flexibility index (Phi) is 6.93. The van der Waals surface area contributed by atoms with Crippen molar-refractivity contribution in [3.05, 3.63) is 24.0 Å². The predicted molar refractivity (Wildman–Crippen MR) is 115 cm³/mol. The van der Waals surface area contributed by atoms with Crippen molar-refractivity contribution in [2.24, 2.45) is 0 Å². The molecule has 3 rings (SSSR count). The molecule has 0 radical (unpaired) electrons. The lowest BCUT2D eigenvalue weighted by atomic mass is 10.1. The molecule has 1 N–H and O–H groups in total. The van der Waals surface area contributed by atoms with Crippen LogP contribution in [0.1, 0.15) is 40.0 Å². The summed E-state index contributed by atoms with van der Waals surface area (Å²) >= 11 is 0. The number of cyclic esters (lactones) is 1. The number of hydrogen-bond donors (Lipinski definition) is 1. The molecule has 1 aromatic rings. The minimum absolute atomic E-state index is 0.0640. The molecule has 2 atom stereocenters. The zero-order chi connectivity index (χ0) is 22.8. The minimum Gasteiger partial charge on any atom is -0.444 e. The number of ether oxygens (including phenoxy) is 2. The van der Waals surface area contributed by atoms with Gasteiger partial charge in [-0.2, -0.15) is 0 Å². The SMILES string of the molecule is CN(c1ccc(N2C[C@H](CO)OC2=O)cc1F)[C@@H]1CCCCN(C(=O)OC(C)(C)C)C1. The number of aliphatic hydroxyl groups is 1. The fourth-order valence-electron chi connectivity index (χ4n) is 3.90. The maximum Gasteiger partial charge on any atom is 0.414 e. The van der Waals surface area contributed by atoms with Gasteiger partial charge in [0.15, 0.2) is 0 Å². The molecule has 1 aromatic carbocycles. The highest BCUT2D eigenvalue weighted by Gasteiger charge is 2.33. The summed E-state index contributed by atoms with van der Waals surface area (Å²) in [4.78, 5) is 29.4. The van der Waals surface area contributed by atoms with E-state index in [0.717, 1.165) is 19.3 Å². The molecule has 9 heteroatoms. The van der Waals surface area contributed by atoms with Gasteiger partial charge < -0.3 is 24.4 Å². The van der Waals surface area contributed by atoms with Crippen molar-refractivity contribution in [3.8, 4) is 0 Å². The van der Waals surface area contributed by atoms with Crippen molar-refractivity contribution in [2.45, 2.75) is 57.8 Å². The van der Waals surface area contributed by atoms with Crippen LogP contribution in [0.5, 0.6) is 0 Å². The molecule has 0 aliphatic carbocycles. The molecule has 2 saturated heterocycles. The Morgan fingerprint density at radius 1 is 1.32 bits per heavy atom. The molecular formula is C22H32FN3O5. The second-order valence-electron chi connectivity index (χ2n) is 9.12. The van der Waals surface area contributed by atoms with E-state index in [9.17, 15) is 14.7 Å². The van der Waals surface area contributed by atoms with Crippen molar-refractivity contribution in [3.63, 3.8) is 0 Å². The Bertz CT molecular complexity index is 813. The van der Waals surface area contributed by atoms with Crippen LogP contribution in [0.25, 0.3) is 0 Å². The van der Waals surface area contributed by atoms with Gasteiger partial charge in [-0.3, -0.25) is 4.90 Å². The van der Waals surface area contributed by atoms with E-state index in [0.29, 0.717) is 24.5 Å². The van der Waals surface area contributed by atoms with Gasteiger partial charge in [0.25, 0.3) is 0 Å². The molecule has 2 aliphatic rings. The molecule has 8 nitrogen and oxygen atoms in total. The number of hydrogen-bond acceptors (Lipinski definition) is 6. The molecule has 0 bridgehead atoms. The molecule has 0 unspecified atom stereocenters. The van der Waals surface area contributed by atoms with E-state index >= 15 is 4.39 Å². The number of rotatable bonds is 4. The Morgan fingerprint density at radius 2 is 2.06 bits per heavy atom. The Hall–Kier alpha value is -2.55. The Balaban J connectivity index is 1.73. The van der Waals surface area contributed by atoms with Gasteiger partial charge >= 0.3 is 12.2 Å². The fraction of sp³-hybridized carbons (Fsp3) is 0.636. The lowest BCUT2D eigenvalue weighted by molar-refractivity contribution is 0.0249. The van der Waals surface area contributed by atoms with Gasteiger partial charge in [0.05, 0.1) is 24.5 Å². The summed E-state index contributed by atoms with van der Waals surface area (Å²) in [6.07, 6.45) is 1.06. The fourth-order valence-corrected chi connectivity index (χ4v) is 3.90. The summed E-state index contributed by atoms with van der Waals surface area (Å²) in [6, 6.07) is 4.53. The predicted octanol–water partition coefficient (Wildman–Crippen LogP) is 3.37. The Labute approximate surface area is 182 Å². The van der Waals surface area contributed by atoms with Gasteiger partial charge in [-0.1, -0.05) is 0 Å². The highest BCUT2D eigenvalue weighted by molar-refractivity contribution is 5.90. The minimum atomic E-state index is -0.609. The van der Waals surface area contributed by atoms with Crippen LogP contribution in [-0.4, -0.2) is 73.2 Å². The molecule has 2 heterocycles. The number of carbonyl (C=O) groups is 2. The first-order valence-corrected chi connectivity index (χ1v) is 10.7. The third-order valence-electron chi connectivity index (χ3n) is 5.55. The number of benzene rings is 1. The second-order valence-corrected chi connectivity index (χ2v) is 9.12. The first-order valence-electron chi connectivity index (χ1n) is 10.7. The van der Waals surface area contributed by atoms with E-state index in [1.807, 2.05) is 32.7 Å². The lowest BCUT2D eigenvalue weighted by Gasteiger charge is -2.33. The zero-order valence-corrected chi connectivity index (χ0v) is 18.6. The molecule has 0 spiro atoms. The van der Waals surface area contributed by atoms with Crippen LogP contribution in [0.2, 0.25) is 0 Å². The van der Waals surface area contributed by atoms with E-state index in [1.165, 1.54) is 11.0 Å². The van der Waals surface area contributed by atoms with Crippen LogP contribution in [0.15, 0.2) is 18.2 Å². The van der Waals surface area contributed by atoms with E-state index in [-0.39, 0.29) is 25.3 Å². The number of carbonyl (C=O) groups excluding carboxylic acids is 2. The summed E-state index contributed by atoms with van der Waals surface area (Å²) in [5, 5.41) is 9.19. The van der Waals surface area contributed by atoms with Crippen molar-refractivity contribution in [1.82, 2.24) is 4.90 Å². The summed E-state index contributed by atoms with van der Waals surface area (Å²) in [5.41, 5.74) is 0.205. The standard InChI is InChI=1S/C22H32FN3O5/c1-22(2,3)31-20(28)25-10-6-5-7-16(12-25)24(4)19-9-8-15(11-18(19)23)26-13-17(14-27)30-21(26)29/h8-9,11,16-17,27H,5-7,10,12-14H2,1-4H3/t16-,17-/m1/s1. The first kappa shape index (κ1) is 23.1. The van der Waals surface area contributed by atoms with Crippen molar-refractivity contribution in [1.29, 1.82) is 0 Å². The second kappa shape index (κ2) is 9.30. The van der Waals surface area contributed by atoms with Gasteiger partial charge in [-0.25, -0.2) is 14.0 Å². The smallest absolute Gasteiger partial charge is 0.414 e. The maximum absolute atomic E-state index is 15.0. The number of nitrogens with zero attached hydrogens (tertiary/aromatic N) is 3. The molecule has 172 valence electrons. The summed E-state index contributed by atoms with van der Waals surface area (Å²) in [5.74, 6) is -0.465. The van der Waals surface area contributed by atoms with E-state index < -0.39 is 23.6 Å². The summed E-state index contributed by atoms with van der Waals surface area (Å²) < 4.78 is 25.6. The normalized spacial score (nSPS) is 22.2. The molecule has 2 amide bonds. The van der Waals surface area contributed by atoms with Crippen LogP contribution >= 0.6 is 0 Å². The third kappa shape index (κ3) is 5.58.